The molecule has 108 valence electrons. The largest absolute Gasteiger partial charge is 0.398 e. The van der Waals surface area contributed by atoms with E-state index in [0.29, 0.717) is 17.2 Å². The highest BCUT2D eigenvalue weighted by Crippen LogP contribution is 2.32. The summed E-state index contributed by atoms with van der Waals surface area (Å²) in [6, 6.07) is 18.0. The molecule has 1 amide bonds. The predicted molar refractivity (Wildman–Crippen MR) is 85.2 cm³/mol. The van der Waals surface area contributed by atoms with Gasteiger partial charge in [-0.1, -0.05) is 42.5 Å². The number of likely N-dealkylation sites (tertiary alicyclic amines) is 1. The maximum atomic E-state index is 12.7. The number of anilines is 1. The third-order valence-electron chi connectivity index (χ3n) is 4.30. The first kappa shape index (κ1) is 13.7. The average Bonchev–Trinajstić information content (AvgIpc) is 2.90. The Hall–Kier alpha value is -2.29. The van der Waals surface area contributed by atoms with E-state index in [-0.39, 0.29) is 11.9 Å². The fraction of sp³-hybridized carbons (Fsp3) is 0.278. The van der Waals surface area contributed by atoms with Crippen molar-refractivity contribution in [2.75, 3.05) is 12.3 Å². The summed E-state index contributed by atoms with van der Waals surface area (Å²) in [6.07, 6.45) is 1.00. The van der Waals surface area contributed by atoms with Crippen molar-refractivity contribution >= 4 is 11.6 Å². The van der Waals surface area contributed by atoms with Crippen LogP contribution in [0.3, 0.4) is 0 Å². The monoisotopic (exact) mass is 280 g/mol. The Morgan fingerprint density at radius 1 is 1.10 bits per heavy atom. The number of nitrogens with two attached hydrogens (primary N) is 1. The Labute approximate surface area is 125 Å². The van der Waals surface area contributed by atoms with Crippen molar-refractivity contribution < 1.29 is 4.79 Å². The summed E-state index contributed by atoms with van der Waals surface area (Å²) in [5.74, 6) is 0.453. The molecule has 0 bridgehead atoms. The summed E-state index contributed by atoms with van der Waals surface area (Å²) >= 11 is 0. The number of benzene rings is 2. The summed E-state index contributed by atoms with van der Waals surface area (Å²) in [4.78, 5) is 14.6. The van der Waals surface area contributed by atoms with Crippen LogP contribution < -0.4 is 5.73 Å². The smallest absolute Gasteiger partial charge is 0.256 e. The van der Waals surface area contributed by atoms with Crippen LogP contribution in [0.2, 0.25) is 0 Å². The molecule has 1 aliphatic rings. The van der Waals surface area contributed by atoms with E-state index < -0.39 is 0 Å². The van der Waals surface area contributed by atoms with Crippen molar-refractivity contribution in [2.24, 2.45) is 0 Å². The molecule has 0 radical (unpaired) electrons. The first-order valence-electron chi connectivity index (χ1n) is 7.37. The molecule has 0 aliphatic carbocycles. The quantitative estimate of drug-likeness (QED) is 0.858. The van der Waals surface area contributed by atoms with E-state index in [0.717, 1.165) is 13.0 Å². The minimum absolute atomic E-state index is 0.0408. The highest BCUT2D eigenvalue weighted by molar-refractivity contribution is 5.99. The van der Waals surface area contributed by atoms with Crippen LogP contribution in [0.15, 0.2) is 54.6 Å². The van der Waals surface area contributed by atoms with Crippen LogP contribution >= 0.6 is 0 Å². The van der Waals surface area contributed by atoms with Crippen LogP contribution in [-0.4, -0.2) is 23.4 Å². The normalized spacial score (nSPS) is 21.5. The zero-order valence-electron chi connectivity index (χ0n) is 12.2. The summed E-state index contributed by atoms with van der Waals surface area (Å²) in [5.41, 5.74) is 8.40. The minimum Gasteiger partial charge on any atom is -0.398 e. The molecular weight excluding hydrogens is 260 g/mol. The van der Waals surface area contributed by atoms with E-state index in [1.54, 1.807) is 12.1 Å². The lowest BCUT2D eigenvalue weighted by atomic mass is 9.97. The zero-order chi connectivity index (χ0) is 14.8. The van der Waals surface area contributed by atoms with Crippen molar-refractivity contribution in [3.63, 3.8) is 0 Å². The fourth-order valence-electron chi connectivity index (χ4n) is 3.13. The highest BCUT2D eigenvalue weighted by atomic mass is 16.2. The third-order valence-corrected chi connectivity index (χ3v) is 4.30. The Balaban J connectivity index is 1.81. The number of nitrogens with zero attached hydrogens (tertiary/aromatic N) is 1. The molecule has 3 nitrogen and oxygen atoms in total. The standard InChI is InChI=1S/C18H20N2O/c1-13-11-15(14-7-3-2-4-8-14)12-20(13)18(21)16-9-5-6-10-17(16)19/h2-10,13,15H,11-12,19H2,1H3/t13-,15-/m0/s1. The lowest BCUT2D eigenvalue weighted by molar-refractivity contribution is 0.0747. The van der Waals surface area contributed by atoms with Crippen molar-refractivity contribution in [1.29, 1.82) is 0 Å². The summed E-state index contributed by atoms with van der Waals surface area (Å²) in [5, 5.41) is 0. The Bertz CT molecular complexity index is 639. The van der Waals surface area contributed by atoms with Crippen LogP contribution in [0.25, 0.3) is 0 Å². The van der Waals surface area contributed by atoms with Crippen molar-refractivity contribution in [2.45, 2.75) is 25.3 Å². The van der Waals surface area contributed by atoms with Crippen LogP contribution in [0, 0.1) is 0 Å². The topological polar surface area (TPSA) is 46.3 Å². The molecule has 2 aromatic carbocycles. The molecule has 1 aliphatic heterocycles. The summed E-state index contributed by atoms with van der Waals surface area (Å²) in [7, 11) is 0. The number of rotatable bonds is 2. The van der Waals surface area contributed by atoms with E-state index in [4.69, 9.17) is 5.73 Å². The molecule has 0 spiro atoms. The zero-order valence-corrected chi connectivity index (χ0v) is 12.2. The summed E-state index contributed by atoms with van der Waals surface area (Å²) in [6.45, 7) is 2.87. The van der Waals surface area contributed by atoms with Gasteiger partial charge in [-0.3, -0.25) is 4.79 Å². The number of amides is 1. The van der Waals surface area contributed by atoms with Gasteiger partial charge in [0.2, 0.25) is 0 Å². The minimum atomic E-state index is 0.0408. The van der Waals surface area contributed by atoms with E-state index in [2.05, 4.69) is 31.2 Å². The first-order valence-corrected chi connectivity index (χ1v) is 7.37. The van der Waals surface area contributed by atoms with Crippen LogP contribution in [0.1, 0.15) is 35.2 Å². The van der Waals surface area contributed by atoms with Crippen LogP contribution in [-0.2, 0) is 0 Å². The molecule has 2 atom stereocenters. The Morgan fingerprint density at radius 3 is 2.48 bits per heavy atom. The molecular formula is C18H20N2O. The maximum absolute atomic E-state index is 12.7. The van der Waals surface area contributed by atoms with Gasteiger partial charge >= 0.3 is 0 Å². The molecule has 0 saturated carbocycles. The van der Waals surface area contributed by atoms with Crippen molar-refractivity contribution in [3.05, 3.63) is 65.7 Å². The number of hydrogen-bond donors (Lipinski definition) is 1. The molecule has 3 heteroatoms. The van der Waals surface area contributed by atoms with Gasteiger partial charge in [0.1, 0.15) is 0 Å². The third kappa shape index (κ3) is 2.64. The summed E-state index contributed by atoms with van der Waals surface area (Å²) < 4.78 is 0. The van der Waals surface area contributed by atoms with Gasteiger partial charge < -0.3 is 10.6 Å². The molecule has 1 saturated heterocycles. The SMILES string of the molecule is C[C@H]1C[C@H](c2ccccc2)CN1C(=O)c1ccccc1N. The predicted octanol–water partition coefficient (Wildman–Crippen LogP) is 3.29. The lowest BCUT2D eigenvalue weighted by Crippen LogP contribution is -2.34. The Morgan fingerprint density at radius 2 is 1.76 bits per heavy atom. The second-order valence-electron chi connectivity index (χ2n) is 5.74. The fourth-order valence-corrected chi connectivity index (χ4v) is 3.13. The van der Waals surface area contributed by atoms with Crippen molar-refractivity contribution in [1.82, 2.24) is 4.90 Å². The van der Waals surface area contributed by atoms with E-state index in [1.807, 2.05) is 23.1 Å². The molecule has 1 heterocycles. The molecule has 2 aromatic rings. The van der Waals surface area contributed by atoms with Gasteiger partial charge in [0.05, 0.1) is 5.56 Å². The first-order chi connectivity index (χ1) is 10.2. The molecule has 3 rings (SSSR count). The number of carbonyl (C=O) groups excluding carboxylic acids is 1. The van der Waals surface area contributed by atoms with E-state index >= 15 is 0 Å². The number of para-hydroxylation sites is 1. The molecule has 0 unspecified atom stereocenters. The van der Waals surface area contributed by atoms with Crippen LogP contribution in [0.5, 0.6) is 0 Å². The van der Waals surface area contributed by atoms with Gasteiger partial charge in [0, 0.05) is 24.2 Å². The van der Waals surface area contributed by atoms with Gasteiger partial charge in [0.15, 0.2) is 0 Å². The molecule has 1 fully saturated rings. The van der Waals surface area contributed by atoms with Gasteiger partial charge in [-0.2, -0.15) is 0 Å². The van der Waals surface area contributed by atoms with E-state index in [1.165, 1.54) is 5.56 Å². The number of carbonyl (C=O) groups is 1. The number of hydrogen-bond acceptors (Lipinski definition) is 2. The molecule has 21 heavy (non-hydrogen) atoms. The second kappa shape index (κ2) is 5.60. The average molecular weight is 280 g/mol. The van der Waals surface area contributed by atoms with Gasteiger partial charge in [-0.25, -0.2) is 0 Å². The lowest BCUT2D eigenvalue weighted by Gasteiger charge is -2.22. The Kier molecular flexibility index (Phi) is 3.65. The number of nitrogen functional groups attached to an aromatic ring is 1. The molecule has 0 aromatic heterocycles. The van der Waals surface area contributed by atoms with Crippen molar-refractivity contribution in [3.8, 4) is 0 Å². The second-order valence-corrected chi connectivity index (χ2v) is 5.74. The molecule has 2 N–H and O–H groups in total. The highest BCUT2D eigenvalue weighted by Gasteiger charge is 2.33. The van der Waals surface area contributed by atoms with Gasteiger partial charge in [0.25, 0.3) is 5.91 Å². The van der Waals surface area contributed by atoms with Gasteiger partial charge in [-0.15, -0.1) is 0 Å². The van der Waals surface area contributed by atoms with Gasteiger partial charge in [-0.05, 0) is 31.0 Å². The van der Waals surface area contributed by atoms with Crippen LogP contribution in [0.4, 0.5) is 5.69 Å². The van der Waals surface area contributed by atoms with E-state index in [9.17, 15) is 4.79 Å². The maximum Gasteiger partial charge on any atom is 0.256 e.